The smallest absolute Gasteiger partial charge is 0.253 e. The normalized spacial score (nSPS) is 13.6. The van der Waals surface area contributed by atoms with Crippen LogP contribution in [0.3, 0.4) is 0 Å². The van der Waals surface area contributed by atoms with Crippen LogP contribution in [0.4, 0.5) is 11.4 Å². The zero-order valence-electron chi connectivity index (χ0n) is 20.7. The first-order valence-corrected chi connectivity index (χ1v) is 13.4. The Hall–Kier alpha value is -3.71. The van der Waals surface area contributed by atoms with Crippen LogP contribution in [-0.4, -0.2) is 42.9 Å². The molecule has 0 spiro atoms. The molecule has 5 rings (SSSR count). The summed E-state index contributed by atoms with van der Waals surface area (Å²) in [6.45, 7) is 2.43. The summed E-state index contributed by atoms with van der Waals surface area (Å²) in [4.78, 5) is 29.6. The van der Waals surface area contributed by atoms with Crippen molar-refractivity contribution in [1.82, 2.24) is 4.90 Å². The lowest BCUT2D eigenvalue weighted by atomic mass is 10.1. The van der Waals surface area contributed by atoms with Gasteiger partial charge in [0.15, 0.2) is 0 Å². The monoisotopic (exact) mass is 579 g/mol. The first-order chi connectivity index (χ1) is 18.9. The summed E-state index contributed by atoms with van der Waals surface area (Å²) in [7, 11) is 0. The molecular weight excluding hydrogens is 557 g/mol. The van der Waals surface area contributed by atoms with Gasteiger partial charge >= 0.3 is 0 Å². The maximum atomic E-state index is 12.8. The van der Waals surface area contributed by atoms with Crippen molar-refractivity contribution in [1.29, 1.82) is 0 Å². The lowest BCUT2D eigenvalue weighted by Gasteiger charge is -2.37. The van der Waals surface area contributed by atoms with Crippen LogP contribution in [0.25, 0.3) is 17.4 Å². The highest BCUT2D eigenvalue weighted by molar-refractivity contribution is 6.35. The van der Waals surface area contributed by atoms with Gasteiger partial charge in [0.25, 0.3) is 5.91 Å². The molecule has 2 heterocycles. The molecule has 0 bridgehead atoms. The van der Waals surface area contributed by atoms with Crippen molar-refractivity contribution in [2.75, 3.05) is 36.4 Å². The minimum Gasteiger partial charge on any atom is -0.457 e. The van der Waals surface area contributed by atoms with Crippen molar-refractivity contribution >= 4 is 64.1 Å². The number of amides is 2. The minimum absolute atomic E-state index is 0.0161. The molecule has 0 atom stereocenters. The van der Waals surface area contributed by atoms with Crippen LogP contribution in [-0.2, 0) is 4.79 Å². The number of carbonyl (C=O) groups excluding carboxylic acids is 2. The standard InChI is InChI=1S/C30H24Cl3N3O3/c31-22-7-5-20(6-8-22)30(38)36-15-13-35(14-16-36)27-4-2-1-3-26(27)34-29(37)12-10-25-9-11-28(39-25)21-17-23(32)19-24(33)18-21/h1-12,17-19H,13-16H2,(H,34,37)/b12-10+. The van der Waals surface area contributed by atoms with Crippen LogP contribution < -0.4 is 10.2 Å². The highest BCUT2D eigenvalue weighted by atomic mass is 35.5. The predicted molar refractivity (Wildman–Crippen MR) is 158 cm³/mol. The molecule has 1 N–H and O–H groups in total. The van der Waals surface area contributed by atoms with Gasteiger partial charge in [-0.3, -0.25) is 9.59 Å². The molecule has 3 aromatic carbocycles. The van der Waals surface area contributed by atoms with Gasteiger partial charge in [-0.25, -0.2) is 0 Å². The van der Waals surface area contributed by atoms with Crippen LogP contribution >= 0.6 is 34.8 Å². The fourth-order valence-electron chi connectivity index (χ4n) is 4.41. The number of benzene rings is 3. The van der Waals surface area contributed by atoms with E-state index in [0.29, 0.717) is 64.0 Å². The van der Waals surface area contributed by atoms with E-state index in [0.717, 1.165) is 11.3 Å². The summed E-state index contributed by atoms with van der Waals surface area (Å²) >= 11 is 18.1. The molecule has 1 fully saturated rings. The summed E-state index contributed by atoms with van der Waals surface area (Å²) in [5, 5.41) is 4.58. The van der Waals surface area contributed by atoms with Gasteiger partial charge < -0.3 is 19.5 Å². The average molecular weight is 581 g/mol. The number of nitrogens with zero attached hydrogens (tertiary/aromatic N) is 2. The van der Waals surface area contributed by atoms with Crippen molar-refractivity contribution < 1.29 is 14.0 Å². The van der Waals surface area contributed by atoms with Gasteiger partial charge in [-0.2, -0.15) is 0 Å². The number of furan rings is 1. The van der Waals surface area contributed by atoms with Crippen molar-refractivity contribution in [2.24, 2.45) is 0 Å². The van der Waals surface area contributed by atoms with Gasteiger partial charge in [0.1, 0.15) is 11.5 Å². The Balaban J connectivity index is 1.21. The number of halogens is 3. The lowest BCUT2D eigenvalue weighted by molar-refractivity contribution is -0.111. The van der Waals surface area contributed by atoms with E-state index in [9.17, 15) is 9.59 Å². The maximum absolute atomic E-state index is 12.8. The quantitative estimate of drug-likeness (QED) is 0.240. The van der Waals surface area contributed by atoms with E-state index in [1.165, 1.54) is 6.08 Å². The molecule has 0 saturated carbocycles. The summed E-state index contributed by atoms with van der Waals surface area (Å²) in [5.41, 5.74) is 2.96. The van der Waals surface area contributed by atoms with Gasteiger partial charge in [0, 0.05) is 58.4 Å². The molecule has 1 aromatic heterocycles. The third kappa shape index (κ3) is 6.66. The fourth-order valence-corrected chi connectivity index (χ4v) is 5.06. The van der Waals surface area contributed by atoms with Crippen LogP contribution in [0, 0.1) is 0 Å². The Morgan fingerprint density at radius 3 is 2.21 bits per heavy atom. The van der Waals surface area contributed by atoms with E-state index < -0.39 is 0 Å². The number of carbonyl (C=O) groups is 2. The topological polar surface area (TPSA) is 65.8 Å². The second kappa shape index (κ2) is 12.0. The van der Waals surface area contributed by atoms with E-state index in [4.69, 9.17) is 39.2 Å². The summed E-state index contributed by atoms with van der Waals surface area (Å²) in [5.74, 6) is 0.810. The molecule has 0 radical (unpaired) electrons. The van der Waals surface area contributed by atoms with Crippen LogP contribution in [0.2, 0.25) is 15.1 Å². The largest absolute Gasteiger partial charge is 0.457 e. The summed E-state index contributed by atoms with van der Waals surface area (Å²) < 4.78 is 5.84. The summed E-state index contributed by atoms with van der Waals surface area (Å²) in [6, 6.07) is 23.3. The Morgan fingerprint density at radius 1 is 0.795 bits per heavy atom. The van der Waals surface area contributed by atoms with Crippen LogP contribution in [0.15, 0.2) is 89.4 Å². The predicted octanol–water partition coefficient (Wildman–Crippen LogP) is 7.52. The van der Waals surface area contributed by atoms with E-state index in [1.807, 2.05) is 29.2 Å². The second-order valence-corrected chi connectivity index (χ2v) is 10.3. The average Bonchev–Trinajstić information content (AvgIpc) is 3.41. The van der Waals surface area contributed by atoms with Gasteiger partial charge in [-0.15, -0.1) is 0 Å². The number of piperazine rings is 1. The molecule has 4 aromatic rings. The number of para-hydroxylation sites is 2. The lowest BCUT2D eigenvalue weighted by Crippen LogP contribution is -2.49. The molecule has 1 aliphatic heterocycles. The van der Waals surface area contributed by atoms with E-state index >= 15 is 0 Å². The number of rotatable bonds is 6. The Kier molecular flexibility index (Phi) is 8.27. The maximum Gasteiger partial charge on any atom is 0.253 e. The second-order valence-electron chi connectivity index (χ2n) is 8.99. The number of hydrogen-bond donors (Lipinski definition) is 1. The third-order valence-corrected chi connectivity index (χ3v) is 7.02. The first-order valence-electron chi connectivity index (χ1n) is 12.3. The van der Waals surface area contributed by atoms with Gasteiger partial charge in [0.2, 0.25) is 5.91 Å². The minimum atomic E-state index is -0.289. The Bertz CT molecular complexity index is 1500. The van der Waals surface area contributed by atoms with E-state index in [-0.39, 0.29) is 11.8 Å². The third-order valence-electron chi connectivity index (χ3n) is 6.33. The fraction of sp³-hybridized carbons (Fsp3) is 0.133. The van der Waals surface area contributed by atoms with E-state index in [2.05, 4.69) is 10.2 Å². The van der Waals surface area contributed by atoms with Crippen molar-refractivity contribution in [3.05, 3.63) is 111 Å². The van der Waals surface area contributed by atoms with Gasteiger partial charge in [-0.1, -0.05) is 46.9 Å². The molecule has 9 heteroatoms. The van der Waals surface area contributed by atoms with Gasteiger partial charge in [0.05, 0.1) is 11.4 Å². The number of hydrogen-bond acceptors (Lipinski definition) is 4. The number of anilines is 2. The summed E-state index contributed by atoms with van der Waals surface area (Å²) in [6.07, 6.45) is 3.03. The van der Waals surface area contributed by atoms with Crippen molar-refractivity contribution in [3.63, 3.8) is 0 Å². The highest BCUT2D eigenvalue weighted by Crippen LogP contribution is 2.30. The zero-order chi connectivity index (χ0) is 27.4. The zero-order valence-corrected chi connectivity index (χ0v) is 23.0. The molecule has 0 aliphatic carbocycles. The Morgan fingerprint density at radius 2 is 1.49 bits per heavy atom. The SMILES string of the molecule is O=C(/C=C/c1ccc(-c2cc(Cl)cc(Cl)c2)o1)Nc1ccccc1N1CCN(C(=O)c2ccc(Cl)cc2)CC1. The molecule has 1 aliphatic rings. The number of nitrogens with one attached hydrogen (secondary N) is 1. The molecule has 198 valence electrons. The molecule has 6 nitrogen and oxygen atoms in total. The van der Waals surface area contributed by atoms with Crippen molar-refractivity contribution in [3.8, 4) is 11.3 Å². The van der Waals surface area contributed by atoms with Crippen LogP contribution in [0.5, 0.6) is 0 Å². The Labute approximate surface area is 241 Å². The van der Waals surface area contributed by atoms with Gasteiger partial charge in [-0.05, 0) is 72.8 Å². The molecule has 1 saturated heterocycles. The molecule has 0 unspecified atom stereocenters. The molecular formula is C30H24Cl3N3O3. The first kappa shape index (κ1) is 26.9. The molecule has 2 amide bonds. The van der Waals surface area contributed by atoms with Crippen molar-refractivity contribution in [2.45, 2.75) is 0 Å². The highest BCUT2D eigenvalue weighted by Gasteiger charge is 2.23. The van der Waals surface area contributed by atoms with E-state index in [1.54, 1.807) is 60.7 Å². The molecule has 39 heavy (non-hydrogen) atoms. The van der Waals surface area contributed by atoms with Crippen LogP contribution in [0.1, 0.15) is 16.1 Å².